The van der Waals surface area contributed by atoms with E-state index in [1.54, 1.807) is 27.5 Å². The molecule has 2 aromatic heterocycles. The predicted molar refractivity (Wildman–Crippen MR) is 60.7 cm³/mol. The number of nitrogens with zero attached hydrogens (tertiary/aromatic N) is 2. The van der Waals surface area contributed by atoms with Crippen molar-refractivity contribution >= 4 is 0 Å². The van der Waals surface area contributed by atoms with Gasteiger partial charge in [0.1, 0.15) is 18.1 Å². The minimum absolute atomic E-state index is 0.00875. The van der Waals surface area contributed by atoms with Gasteiger partial charge in [-0.3, -0.25) is 9.13 Å². The van der Waals surface area contributed by atoms with Gasteiger partial charge in [-0.05, 0) is 25.0 Å². The van der Waals surface area contributed by atoms with Crippen LogP contribution < -0.4 is 5.69 Å². The Hall–Kier alpha value is -1.75. The third-order valence-electron chi connectivity index (χ3n) is 3.01. The molecule has 0 saturated heterocycles. The molecule has 5 nitrogen and oxygen atoms in total. The molecule has 90 valence electrons. The maximum Gasteiger partial charge on any atom is 0.328 e. The van der Waals surface area contributed by atoms with Crippen LogP contribution in [-0.4, -0.2) is 14.2 Å². The second kappa shape index (κ2) is 3.92. The van der Waals surface area contributed by atoms with Crippen molar-refractivity contribution in [3.63, 3.8) is 0 Å². The Labute approximate surface area is 97.9 Å². The summed E-state index contributed by atoms with van der Waals surface area (Å²) in [6.45, 7) is 0.302. The van der Waals surface area contributed by atoms with Gasteiger partial charge in [0.2, 0.25) is 0 Å². The van der Waals surface area contributed by atoms with Gasteiger partial charge < -0.3 is 9.52 Å². The summed E-state index contributed by atoms with van der Waals surface area (Å²) in [5, 5.41) is 8.89. The zero-order valence-corrected chi connectivity index (χ0v) is 9.37. The fourth-order valence-electron chi connectivity index (χ4n) is 1.94. The van der Waals surface area contributed by atoms with Gasteiger partial charge in [-0.15, -0.1) is 0 Å². The van der Waals surface area contributed by atoms with Crippen LogP contribution in [0.15, 0.2) is 33.7 Å². The molecule has 0 aliphatic heterocycles. The van der Waals surface area contributed by atoms with Crippen LogP contribution in [0.1, 0.15) is 30.4 Å². The lowest BCUT2D eigenvalue weighted by molar-refractivity contribution is 0.243. The number of hydrogen-bond acceptors (Lipinski definition) is 3. The predicted octanol–water partition coefficient (Wildman–Crippen LogP) is 1.12. The summed E-state index contributed by atoms with van der Waals surface area (Å²) in [6.07, 6.45) is 5.80. The molecule has 0 spiro atoms. The van der Waals surface area contributed by atoms with E-state index in [-0.39, 0.29) is 12.3 Å². The zero-order valence-electron chi connectivity index (χ0n) is 9.37. The first-order chi connectivity index (χ1) is 8.28. The Balaban J connectivity index is 1.82. The van der Waals surface area contributed by atoms with Crippen molar-refractivity contribution in [2.24, 2.45) is 0 Å². The molecule has 5 heteroatoms. The summed E-state index contributed by atoms with van der Waals surface area (Å²) < 4.78 is 8.76. The van der Waals surface area contributed by atoms with E-state index in [9.17, 15) is 4.79 Å². The minimum Gasteiger partial charge on any atom is -0.462 e. The maximum absolute atomic E-state index is 12.0. The van der Waals surface area contributed by atoms with Gasteiger partial charge in [0.15, 0.2) is 0 Å². The average Bonchev–Trinajstić information content (AvgIpc) is 2.97. The molecule has 0 amide bonds. The van der Waals surface area contributed by atoms with Gasteiger partial charge >= 0.3 is 5.69 Å². The van der Waals surface area contributed by atoms with E-state index in [1.165, 1.54) is 0 Å². The SMILES string of the molecule is O=c1n(Cc2ccc(CO)o2)ccn1C1CC1. The lowest BCUT2D eigenvalue weighted by Gasteiger charge is -1.98. The molecule has 1 saturated carbocycles. The summed E-state index contributed by atoms with van der Waals surface area (Å²) >= 11 is 0. The number of hydrogen-bond donors (Lipinski definition) is 1. The topological polar surface area (TPSA) is 60.3 Å². The maximum atomic E-state index is 12.0. The molecule has 0 aromatic carbocycles. The van der Waals surface area contributed by atoms with Crippen molar-refractivity contribution in [1.82, 2.24) is 9.13 Å². The Morgan fingerprint density at radius 2 is 2.06 bits per heavy atom. The second-order valence-electron chi connectivity index (χ2n) is 4.37. The van der Waals surface area contributed by atoms with Crippen LogP contribution in [0, 0.1) is 0 Å². The van der Waals surface area contributed by atoms with E-state index in [4.69, 9.17) is 9.52 Å². The molecule has 2 heterocycles. The molecule has 0 bridgehead atoms. The zero-order chi connectivity index (χ0) is 11.8. The average molecular weight is 234 g/mol. The third-order valence-corrected chi connectivity index (χ3v) is 3.01. The smallest absolute Gasteiger partial charge is 0.328 e. The van der Waals surface area contributed by atoms with E-state index < -0.39 is 0 Å². The fourth-order valence-corrected chi connectivity index (χ4v) is 1.94. The molecule has 1 aliphatic carbocycles. The van der Waals surface area contributed by atoms with Gasteiger partial charge in [-0.2, -0.15) is 0 Å². The van der Waals surface area contributed by atoms with Gasteiger partial charge in [-0.1, -0.05) is 0 Å². The molecule has 17 heavy (non-hydrogen) atoms. The molecule has 0 unspecified atom stereocenters. The summed E-state index contributed by atoms with van der Waals surface area (Å²) in [4.78, 5) is 12.0. The number of rotatable bonds is 4. The molecular weight excluding hydrogens is 220 g/mol. The highest BCUT2D eigenvalue weighted by atomic mass is 16.4. The lowest BCUT2D eigenvalue weighted by atomic mass is 10.4. The van der Waals surface area contributed by atoms with E-state index in [1.807, 2.05) is 6.20 Å². The summed E-state index contributed by atoms with van der Waals surface area (Å²) in [5.74, 6) is 1.21. The molecule has 2 aromatic rings. The molecule has 0 radical (unpaired) electrons. The van der Waals surface area contributed by atoms with E-state index in [0.29, 0.717) is 24.1 Å². The van der Waals surface area contributed by atoms with Crippen molar-refractivity contribution in [3.8, 4) is 0 Å². The number of aromatic nitrogens is 2. The molecule has 3 rings (SSSR count). The van der Waals surface area contributed by atoms with Crippen molar-refractivity contribution in [3.05, 3.63) is 46.5 Å². The van der Waals surface area contributed by atoms with Crippen LogP contribution in [0.4, 0.5) is 0 Å². The van der Waals surface area contributed by atoms with Crippen molar-refractivity contribution in [2.45, 2.75) is 32.0 Å². The van der Waals surface area contributed by atoms with E-state index in [2.05, 4.69) is 0 Å². The number of imidazole rings is 1. The van der Waals surface area contributed by atoms with Gasteiger partial charge in [0, 0.05) is 18.4 Å². The largest absolute Gasteiger partial charge is 0.462 e. The minimum atomic E-state index is -0.113. The highest BCUT2D eigenvalue weighted by Gasteiger charge is 2.25. The van der Waals surface area contributed by atoms with Gasteiger partial charge in [0.25, 0.3) is 0 Å². The monoisotopic (exact) mass is 234 g/mol. The number of aliphatic hydroxyl groups is 1. The van der Waals surface area contributed by atoms with E-state index >= 15 is 0 Å². The van der Waals surface area contributed by atoms with Crippen molar-refractivity contribution in [2.75, 3.05) is 0 Å². The Bertz CT molecular complexity index is 575. The molecule has 0 atom stereocenters. The Morgan fingerprint density at radius 3 is 2.71 bits per heavy atom. The standard InChI is InChI=1S/C12H14N2O3/c15-8-11-4-3-10(17-11)7-13-5-6-14(12(13)16)9-1-2-9/h3-6,9,15H,1-2,7-8H2. The molecule has 1 aliphatic rings. The third kappa shape index (κ3) is 1.93. The van der Waals surface area contributed by atoms with Crippen molar-refractivity contribution in [1.29, 1.82) is 0 Å². The van der Waals surface area contributed by atoms with E-state index in [0.717, 1.165) is 12.8 Å². The van der Waals surface area contributed by atoms with Crippen LogP contribution >= 0.6 is 0 Å². The van der Waals surface area contributed by atoms with Crippen LogP contribution in [0.5, 0.6) is 0 Å². The quantitative estimate of drug-likeness (QED) is 0.862. The number of aliphatic hydroxyl groups excluding tert-OH is 1. The first kappa shape index (κ1) is 10.4. The normalized spacial score (nSPS) is 15.4. The highest BCUT2D eigenvalue weighted by molar-refractivity contribution is 5.07. The first-order valence-corrected chi connectivity index (χ1v) is 5.73. The summed E-state index contributed by atoms with van der Waals surface area (Å²) in [7, 11) is 0. The Morgan fingerprint density at radius 1 is 1.29 bits per heavy atom. The molecule has 1 N–H and O–H groups in total. The second-order valence-corrected chi connectivity index (χ2v) is 4.37. The van der Waals surface area contributed by atoms with Crippen LogP contribution in [0.2, 0.25) is 0 Å². The van der Waals surface area contributed by atoms with Crippen molar-refractivity contribution < 1.29 is 9.52 Å². The fraction of sp³-hybridized carbons (Fsp3) is 0.417. The molecular formula is C12H14N2O3. The van der Waals surface area contributed by atoms with Gasteiger partial charge in [-0.25, -0.2) is 4.79 Å². The first-order valence-electron chi connectivity index (χ1n) is 5.73. The number of furan rings is 1. The van der Waals surface area contributed by atoms with Crippen LogP contribution in [0.3, 0.4) is 0 Å². The summed E-state index contributed by atoms with van der Waals surface area (Å²) in [6, 6.07) is 3.90. The lowest BCUT2D eigenvalue weighted by Crippen LogP contribution is -2.23. The highest BCUT2D eigenvalue weighted by Crippen LogP contribution is 2.33. The van der Waals surface area contributed by atoms with Gasteiger partial charge in [0.05, 0.1) is 6.54 Å². The summed E-state index contributed by atoms with van der Waals surface area (Å²) in [5.41, 5.74) is 0.00875. The van der Waals surface area contributed by atoms with Crippen LogP contribution in [-0.2, 0) is 13.2 Å². The molecule has 1 fully saturated rings. The Kier molecular flexibility index (Phi) is 2.40. The van der Waals surface area contributed by atoms with Crippen LogP contribution in [0.25, 0.3) is 0 Å².